The van der Waals surface area contributed by atoms with Crippen molar-refractivity contribution in [3.05, 3.63) is 36.5 Å². The lowest BCUT2D eigenvalue weighted by Gasteiger charge is -2.19. The Labute approximate surface area is 363 Å². The van der Waals surface area contributed by atoms with E-state index in [0.717, 1.165) is 38.5 Å². The van der Waals surface area contributed by atoms with Gasteiger partial charge >= 0.3 is 0 Å². The van der Waals surface area contributed by atoms with Gasteiger partial charge in [-0.05, 0) is 44.9 Å². The number of carbonyl (C=O) groups is 1. The van der Waals surface area contributed by atoms with Crippen molar-refractivity contribution < 1.29 is 15.0 Å². The molecule has 0 heterocycles. The summed E-state index contributed by atoms with van der Waals surface area (Å²) in [4.78, 5) is 12.4. The molecule has 1 amide bonds. The molecule has 0 saturated carbocycles. The molecule has 0 aromatic carbocycles. The number of carbonyl (C=O) groups excluding carboxylic acids is 1. The summed E-state index contributed by atoms with van der Waals surface area (Å²) in [5.74, 6) is -0.0728. The highest BCUT2D eigenvalue weighted by molar-refractivity contribution is 5.76. The second kappa shape index (κ2) is 50.0. The van der Waals surface area contributed by atoms with Gasteiger partial charge in [0.25, 0.3) is 0 Å². The minimum Gasteiger partial charge on any atom is -0.394 e. The predicted octanol–water partition coefficient (Wildman–Crippen LogP) is 16.9. The molecule has 4 heteroatoms. The van der Waals surface area contributed by atoms with Crippen LogP contribution in [-0.2, 0) is 4.79 Å². The number of hydrogen-bond donors (Lipinski definition) is 3. The molecule has 0 saturated heterocycles. The number of nitrogens with one attached hydrogen (secondary N) is 1. The molecular formula is C54H103NO3. The number of allylic oxidation sites excluding steroid dienone is 5. The van der Waals surface area contributed by atoms with E-state index < -0.39 is 12.1 Å². The van der Waals surface area contributed by atoms with Crippen LogP contribution in [0.3, 0.4) is 0 Å². The molecule has 0 spiro atoms. The zero-order chi connectivity index (χ0) is 42.1. The van der Waals surface area contributed by atoms with Crippen LogP contribution in [0.4, 0.5) is 0 Å². The van der Waals surface area contributed by atoms with E-state index in [4.69, 9.17) is 0 Å². The fourth-order valence-corrected chi connectivity index (χ4v) is 8.10. The van der Waals surface area contributed by atoms with Crippen LogP contribution in [0.2, 0.25) is 0 Å². The first-order valence-corrected chi connectivity index (χ1v) is 26.2. The molecule has 0 aliphatic rings. The standard InChI is InChI=1S/C54H103NO3/c1-3-5-7-9-11-13-15-17-19-21-23-25-27-29-31-33-35-37-39-41-43-45-47-49-53(57)52(51-56)55-54(58)50-48-46-44-42-40-38-36-34-32-30-28-26-24-22-20-18-16-14-12-10-8-6-4-2/h31,33,39,41,47,49,52-53,56-57H,3-30,32,34-38,40,42-46,48,50-51H2,1-2H3,(H,55,58)/b33-31+,41-39+,49-47+. The highest BCUT2D eigenvalue weighted by atomic mass is 16.3. The second-order valence-electron chi connectivity index (χ2n) is 17.9. The van der Waals surface area contributed by atoms with E-state index in [2.05, 4.69) is 43.5 Å². The molecule has 58 heavy (non-hydrogen) atoms. The van der Waals surface area contributed by atoms with Crippen LogP contribution >= 0.6 is 0 Å². The monoisotopic (exact) mass is 814 g/mol. The first-order valence-electron chi connectivity index (χ1n) is 26.2. The van der Waals surface area contributed by atoms with Crippen molar-refractivity contribution >= 4 is 5.91 Å². The largest absolute Gasteiger partial charge is 0.394 e. The summed E-state index contributed by atoms with van der Waals surface area (Å²) < 4.78 is 0. The fourth-order valence-electron chi connectivity index (χ4n) is 8.10. The van der Waals surface area contributed by atoms with Crippen molar-refractivity contribution in [1.82, 2.24) is 5.32 Å². The molecule has 0 bridgehead atoms. The average molecular weight is 814 g/mol. The van der Waals surface area contributed by atoms with Crippen LogP contribution in [0, 0.1) is 0 Å². The maximum atomic E-state index is 12.4. The van der Waals surface area contributed by atoms with Crippen LogP contribution in [0.15, 0.2) is 36.5 Å². The van der Waals surface area contributed by atoms with Gasteiger partial charge in [-0.2, -0.15) is 0 Å². The summed E-state index contributed by atoms with van der Waals surface area (Å²) in [5.41, 5.74) is 0. The van der Waals surface area contributed by atoms with Gasteiger partial charge in [-0.15, -0.1) is 0 Å². The van der Waals surface area contributed by atoms with E-state index in [1.54, 1.807) is 6.08 Å². The van der Waals surface area contributed by atoms with Crippen LogP contribution in [0.1, 0.15) is 284 Å². The number of aliphatic hydroxyl groups is 2. The molecule has 0 aromatic heterocycles. The third kappa shape index (κ3) is 45.7. The molecule has 4 nitrogen and oxygen atoms in total. The smallest absolute Gasteiger partial charge is 0.220 e. The SMILES string of the molecule is CCCCCCCCCCCCCCC/C=C/CC/C=C/CC/C=C/C(O)C(CO)NC(=O)CCCCCCCCCCCCCCCCCCCCCCCCC. The fraction of sp³-hybridized carbons (Fsp3) is 0.870. The van der Waals surface area contributed by atoms with Crippen molar-refractivity contribution in [2.45, 2.75) is 296 Å². The van der Waals surface area contributed by atoms with Crippen molar-refractivity contribution in [3.63, 3.8) is 0 Å². The Bertz CT molecular complexity index is 882. The number of hydrogen-bond acceptors (Lipinski definition) is 3. The number of rotatable bonds is 48. The third-order valence-electron chi connectivity index (χ3n) is 12.1. The molecule has 2 unspecified atom stereocenters. The molecular weight excluding hydrogens is 711 g/mol. The maximum Gasteiger partial charge on any atom is 0.220 e. The lowest BCUT2D eigenvalue weighted by Crippen LogP contribution is -2.45. The van der Waals surface area contributed by atoms with Crippen LogP contribution in [-0.4, -0.2) is 34.9 Å². The van der Waals surface area contributed by atoms with Gasteiger partial charge in [0.1, 0.15) is 0 Å². The molecule has 3 N–H and O–H groups in total. The van der Waals surface area contributed by atoms with Gasteiger partial charge in [0.05, 0.1) is 18.8 Å². The summed E-state index contributed by atoms with van der Waals surface area (Å²) in [6.07, 6.45) is 67.2. The summed E-state index contributed by atoms with van der Waals surface area (Å²) >= 11 is 0. The molecule has 0 aliphatic heterocycles. The van der Waals surface area contributed by atoms with Gasteiger partial charge in [-0.25, -0.2) is 0 Å². The first-order chi connectivity index (χ1) is 28.7. The number of aliphatic hydroxyl groups excluding tert-OH is 2. The van der Waals surface area contributed by atoms with Crippen molar-refractivity contribution in [2.75, 3.05) is 6.61 Å². The van der Waals surface area contributed by atoms with Gasteiger partial charge in [0, 0.05) is 6.42 Å². The normalized spacial score (nSPS) is 13.1. The van der Waals surface area contributed by atoms with E-state index in [0.29, 0.717) is 6.42 Å². The average Bonchev–Trinajstić information content (AvgIpc) is 3.23. The lowest BCUT2D eigenvalue weighted by molar-refractivity contribution is -0.123. The molecule has 0 fully saturated rings. The highest BCUT2D eigenvalue weighted by Gasteiger charge is 2.17. The highest BCUT2D eigenvalue weighted by Crippen LogP contribution is 2.17. The molecule has 0 rings (SSSR count). The quantitative estimate of drug-likeness (QED) is 0.0423. The van der Waals surface area contributed by atoms with Crippen molar-refractivity contribution in [1.29, 1.82) is 0 Å². The Hall–Kier alpha value is -1.39. The van der Waals surface area contributed by atoms with E-state index in [-0.39, 0.29) is 12.5 Å². The minimum absolute atomic E-state index is 0.0728. The lowest BCUT2D eigenvalue weighted by atomic mass is 10.0. The van der Waals surface area contributed by atoms with Gasteiger partial charge < -0.3 is 15.5 Å². The third-order valence-corrected chi connectivity index (χ3v) is 12.1. The molecule has 0 aromatic rings. The Balaban J connectivity index is 3.55. The van der Waals surface area contributed by atoms with E-state index >= 15 is 0 Å². The molecule has 0 aliphatic carbocycles. The Kier molecular flexibility index (Phi) is 48.8. The van der Waals surface area contributed by atoms with E-state index in [1.165, 1.54) is 225 Å². The van der Waals surface area contributed by atoms with Crippen LogP contribution in [0.25, 0.3) is 0 Å². The summed E-state index contributed by atoms with van der Waals surface area (Å²) in [6.45, 7) is 4.32. The molecule has 342 valence electrons. The Morgan fingerprint density at radius 2 is 0.672 bits per heavy atom. The predicted molar refractivity (Wildman–Crippen MR) is 258 cm³/mol. The van der Waals surface area contributed by atoms with Gasteiger partial charge in [0.15, 0.2) is 0 Å². The Morgan fingerprint density at radius 1 is 0.397 bits per heavy atom. The van der Waals surface area contributed by atoms with Crippen molar-refractivity contribution in [3.8, 4) is 0 Å². The summed E-state index contributed by atoms with van der Waals surface area (Å²) in [5, 5.41) is 23.1. The zero-order valence-corrected chi connectivity index (χ0v) is 39.3. The second-order valence-corrected chi connectivity index (χ2v) is 17.9. The Morgan fingerprint density at radius 3 is 1.00 bits per heavy atom. The number of amides is 1. The van der Waals surface area contributed by atoms with Gasteiger partial charge in [-0.3, -0.25) is 4.79 Å². The molecule has 0 radical (unpaired) electrons. The first kappa shape index (κ1) is 56.6. The van der Waals surface area contributed by atoms with Crippen LogP contribution in [0.5, 0.6) is 0 Å². The van der Waals surface area contributed by atoms with E-state index in [9.17, 15) is 15.0 Å². The summed E-state index contributed by atoms with van der Waals surface area (Å²) in [7, 11) is 0. The summed E-state index contributed by atoms with van der Waals surface area (Å²) in [6, 6.07) is -0.643. The van der Waals surface area contributed by atoms with Gasteiger partial charge in [0.2, 0.25) is 5.91 Å². The number of unbranched alkanes of at least 4 members (excludes halogenated alkanes) is 37. The topological polar surface area (TPSA) is 69.6 Å². The van der Waals surface area contributed by atoms with Crippen LogP contribution < -0.4 is 5.32 Å². The maximum absolute atomic E-state index is 12.4. The molecule has 2 atom stereocenters. The van der Waals surface area contributed by atoms with E-state index in [1.807, 2.05) is 6.08 Å². The van der Waals surface area contributed by atoms with Gasteiger partial charge in [-0.1, -0.05) is 269 Å². The minimum atomic E-state index is -0.868. The zero-order valence-electron chi connectivity index (χ0n) is 39.3. The van der Waals surface area contributed by atoms with Crippen molar-refractivity contribution in [2.24, 2.45) is 0 Å².